The summed E-state index contributed by atoms with van der Waals surface area (Å²) in [6.45, 7) is 0. The first-order valence-electron chi connectivity index (χ1n) is 7.33. The van der Waals surface area contributed by atoms with Crippen LogP contribution in [0.4, 0.5) is 15.8 Å². The van der Waals surface area contributed by atoms with Gasteiger partial charge in [0.15, 0.2) is 5.78 Å². The Hall–Kier alpha value is -3.18. The highest BCUT2D eigenvalue weighted by Crippen LogP contribution is 2.23. The number of carbonyl (C=O) groups excluding carboxylic acids is 1. The number of carbonyl (C=O) groups is 1. The third-order valence-electron chi connectivity index (χ3n) is 3.48. The van der Waals surface area contributed by atoms with Crippen LogP contribution < -0.4 is 10.6 Å². The van der Waals surface area contributed by atoms with E-state index in [0.717, 1.165) is 0 Å². The predicted octanol–water partition coefficient (Wildman–Crippen LogP) is 4.39. The summed E-state index contributed by atoms with van der Waals surface area (Å²) in [4.78, 5) is 12.6. The van der Waals surface area contributed by atoms with Crippen LogP contribution in [0.25, 0.3) is 0 Å². The van der Waals surface area contributed by atoms with Gasteiger partial charge >= 0.3 is 0 Å². The molecule has 0 radical (unpaired) electrons. The fourth-order valence-corrected chi connectivity index (χ4v) is 2.29. The van der Waals surface area contributed by atoms with Crippen molar-refractivity contribution in [1.29, 1.82) is 0 Å². The van der Waals surface area contributed by atoms with Crippen LogP contribution >= 0.6 is 0 Å². The second-order valence-corrected chi connectivity index (χ2v) is 5.13. The number of nitrogens with zero attached hydrogens (tertiary/aromatic N) is 1. The minimum absolute atomic E-state index is 0.190. The molecule has 0 saturated heterocycles. The Morgan fingerprint density at radius 3 is 2.21 bits per heavy atom. The van der Waals surface area contributed by atoms with Gasteiger partial charge in [0.05, 0.1) is 11.4 Å². The molecule has 0 aliphatic carbocycles. The van der Waals surface area contributed by atoms with E-state index in [9.17, 15) is 14.4 Å². The number of para-hydroxylation sites is 2. The average molecular weight is 321 g/mol. The molecule has 0 spiro atoms. The molecular weight excluding hydrogens is 307 g/mol. The number of rotatable bonds is 5. The highest BCUT2D eigenvalue weighted by molar-refractivity contribution is 6.12. The molecule has 4 nitrogen and oxygen atoms in total. The maximum absolute atomic E-state index is 13.0. The molecule has 120 valence electrons. The minimum atomic E-state index is -0.420. The molecule has 3 rings (SSSR count). The van der Waals surface area contributed by atoms with E-state index in [1.807, 2.05) is 6.07 Å². The topological polar surface area (TPSA) is 55.4 Å². The quantitative estimate of drug-likeness (QED) is 0.559. The zero-order valence-electron chi connectivity index (χ0n) is 12.6. The molecule has 3 aromatic rings. The summed E-state index contributed by atoms with van der Waals surface area (Å²) in [6, 6.07) is 20.6. The van der Waals surface area contributed by atoms with Gasteiger partial charge in [0.25, 0.3) is 0 Å². The lowest BCUT2D eigenvalue weighted by molar-refractivity contribution is 0.103. The molecule has 0 aromatic heterocycles. The fraction of sp³-hybridized carbons (Fsp3) is 0. The number of hydrogen-bond acceptors (Lipinski definition) is 4. The van der Waals surface area contributed by atoms with Gasteiger partial charge in [-0.3, -0.25) is 4.79 Å². The van der Waals surface area contributed by atoms with Crippen LogP contribution in [0.5, 0.6) is 0 Å². The SMILES string of the molecule is O=C(c1ccc(F)cc1)c1ccccc1N([O-])Nc1ccccc1. The van der Waals surface area contributed by atoms with Crippen LogP contribution in [0.15, 0.2) is 78.9 Å². The molecule has 24 heavy (non-hydrogen) atoms. The van der Waals surface area contributed by atoms with Gasteiger partial charge in [-0.1, -0.05) is 30.3 Å². The zero-order chi connectivity index (χ0) is 16.9. The van der Waals surface area contributed by atoms with Crippen LogP contribution in [0.2, 0.25) is 0 Å². The van der Waals surface area contributed by atoms with E-state index >= 15 is 0 Å². The molecule has 0 unspecified atom stereocenters. The third-order valence-corrected chi connectivity index (χ3v) is 3.48. The Kier molecular flexibility index (Phi) is 4.54. The fourth-order valence-electron chi connectivity index (χ4n) is 2.29. The van der Waals surface area contributed by atoms with E-state index in [1.165, 1.54) is 24.3 Å². The first kappa shape index (κ1) is 15.7. The molecule has 0 saturated carbocycles. The molecule has 0 amide bonds. The van der Waals surface area contributed by atoms with E-state index in [2.05, 4.69) is 5.43 Å². The number of hydrazine groups is 1. The Morgan fingerprint density at radius 2 is 1.50 bits per heavy atom. The standard InChI is InChI=1S/C19H14FN2O2/c20-15-12-10-14(11-13-15)19(23)17-8-4-5-9-18(17)22(24)21-16-6-2-1-3-7-16/h1-13,21H/q-1. The number of anilines is 2. The highest BCUT2D eigenvalue weighted by Gasteiger charge is 2.14. The van der Waals surface area contributed by atoms with Crippen LogP contribution in [-0.4, -0.2) is 5.78 Å². The van der Waals surface area contributed by atoms with Crippen molar-refractivity contribution in [2.75, 3.05) is 10.6 Å². The molecule has 0 aliphatic heterocycles. The van der Waals surface area contributed by atoms with E-state index in [4.69, 9.17) is 0 Å². The average Bonchev–Trinajstić information content (AvgIpc) is 2.62. The summed E-state index contributed by atoms with van der Waals surface area (Å²) in [5, 5.41) is 13.0. The zero-order valence-corrected chi connectivity index (χ0v) is 12.6. The number of halogens is 1. The van der Waals surface area contributed by atoms with Gasteiger partial charge in [-0.05, 0) is 48.5 Å². The van der Waals surface area contributed by atoms with E-state index in [1.54, 1.807) is 48.5 Å². The summed E-state index contributed by atoms with van der Waals surface area (Å²) < 4.78 is 13.0. The molecule has 3 aromatic carbocycles. The van der Waals surface area contributed by atoms with Gasteiger partial charge in [-0.2, -0.15) is 0 Å². The number of benzene rings is 3. The van der Waals surface area contributed by atoms with Crippen LogP contribution in [-0.2, 0) is 0 Å². The molecule has 0 aliphatic rings. The monoisotopic (exact) mass is 321 g/mol. The van der Waals surface area contributed by atoms with Crippen molar-refractivity contribution in [3.8, 4) is 0 Å². The Morgan fingerprint density at radius 1 is 0.875 bits per heavy atom. The summed E-state index contributed by atoms with van der Waals surface area (Å²) in [5.41, 5.74) is 4.03. The summed E-state index contributed by atoms with van der Waals surface area (Å²) in [6.07, 6.45) is 0. The van der Waals surface area contributed by atoms with Crippen LogP contribution in [0, 0.1) is 11.0 Å². The molecule has 0 bridgehead atoms. The Balaban J connectivity index is 1.90. The normalized spacial score (nSPS) is 10.2. The van der Waals surface area contributed by atoms with Crippen molar-refractivity contribution in [1.82, 2.24) is 0 Å². The molecule has 0 fully saturated rings. The van der Waals surface area contributed by atoms with Crippen molar-refractivity contribution >= 4 is 17.2 Å². The maximum Gasteiger partial charge on any atom is 0.195 e. The Bertz CT molecular complexity index is 836. The van der Waals surface area contributed by atoms with Gasteiger partial charge in [0.2, 0.25) is 0 Å². The molecule has 1 N–H and O–H groups in total. The van der Waals surface area contributed by atoms with Gasteiger partial charge < -0.3 is 15.8 Å². The first-order chi connectivity index (χ1) is 11.6. The third kappa shape index (κ3) is 3.42. The lowest BCUT2D eigenvalue weighted by Crippen LogP contribution is -2.24. The van der Waals surface area contributed by atoms with Gasteiger partial charge in [-0.25, -0.2) is 4.39 Å². The first-order valence-corrected chi connectivity index (χ1v) is 7.33. The lowest BCUT2D eigenvalue weighted by atomic mass is 10.0. The summed E-state index contributed by atoms with van der Waals surface area (Å²) in [5.74, 6) is -0.766. The van der Waals surface area contributed by atoms with E-state index in [0.29, 0.717) is 16.4 Å². The minimum Gasteiger partial charge on any atom is -0.739 e. The van der Waals surface area contributed by atoms with Crippen molar-refractivity contribution in [2.24, 2.45) is 0 Å². The smallest absolute Gasteiger partial charge is 0.195 e. The molecule has 0 atom stereocenters. The maximum atomic E-state index is 13.0. The van der Waals surface area contributed by atoms with Gasteiger partial charge in [0.1, 0.15) is 5.82 Å². The Labute approximate surface area is 138 Å². The van der Waals surface area contributed by atoms with E-state index in [-0.39, 0.29) is 17.0 Å². The second kappa shape index (κ2) is 6.93. The van der Waals surface area contributed by atoms with Crippen molar-refractivity contribution < 1.29 is 9.18 Å². The van der Waals surface area contributed by atoms with Gasteiger partial charge in [0, 0.05) is 11.1 Å². The lowest BCUT2D eigenvalue weighted by Gasteiger charge is -2.33. The van der Waals surface area contributed by atoms with Crippen molar-refractivity contribution in [3.05, 3.63) is 101 Å². The van der Waals surface area contributed by atoms with Gasteiger partial charge in [-0.15, -0.1) is 0 Å². The van der Waals surface area contributed by atoms with Crippen LogP contribution in [0.3, 0.4) is 0 Å². The number of nitrogens with one attached hydrogen (secondary N) is 1. The highest BCUT2D eigenvalue weighted by atomic mass is 19.1. The van der Waals surface area contributed by atoms with Crippen molar-refractivity contribution in [3.63, 3.8) is 0 Å². The predicted molar refractivity (Wildman–Crippen MR) is 92.2 cm³/mol. The van der Waals surface area contributed by atoms with Crippen LogP contribution in [0.1, 0.15) is 15.9 Å². The molecule has 5 heteroatoms. The largest absolute Gasteiger partial charge is 0.739 e. The molecule has 0 heterocycles. The number of hydrogen-bond donors (Lipinski definition) is 1. The molecular formula is C19H14FN2O2-. The summed E-state index contributed by atoms with van der Waals surface area (Å²) in [7, 11) is 0. The summed E-state index contributed by atoms with van der Waals surface area (Å²) >= 11 is 0. The number of ketones is 1. The van der Waals surface area contributed by atoms with E-state index < -0.39 is 5.82 Å². The van der Waals surface area contributed by atoms with Crippen molar-refractivity contribution in [2.45, 2.75) is 0 Å². The second-order valence-electron chi connectivity index (χ2n) is 5.13.